The Bertz CT molecular complexity index is 1030. The van der Waals surface area contributed by atoms with E-state index in [0.29, 0.717) is 0 Å². The van der Waals surface area contributed by atoms with Gasteiger partial charge < -0.3 is 8.98 Å². The highest BCUT2D eigenvalue weighted by molar-refractivity contribution is 6.11. The lowest BCUT2D eigenvalue weighted by Gasteiger charge is -1.98. The molecule has 0 aliphatic rings. The largest absolute Gasteiger partial charge is 0.456 e. The molecule has 2 aromatic heterocycles. The normalized spacial score (nSPS) is 10.1. The average molecular weight is 333 g/mol. The van der Waals surface area contributed by atoms with Crippen molar-refractivity contribution in [3.8, 4) is 0 Å². The van der Waals surface area contributed by atoms with Crippen molar-refractivity contribution in [3.63, 3.8) is 0 Å². The van der Waals surface area contributed by atoms with Crippen LogP contribution in [-0.2, 0) is 7.05 Å². The summed E-state index contributed by atoms with van der Waals surface area (Å²) < 4.78 is 8.10. The molecule has 4 aromatic rings. The van der Waals surface area contributed by atoms with Crippen LogP contribution in [0, 0.1) is 0 Å². The van der Waals surface area contributed by atoms with Gasteiger partial charge in [-0.2, -0.15) is 0 Å². The molecule has 0 aliphatic heterocycles. The molecule has 0 aliphatic carbocycles. The maximum Gasteiger partial charge on any atom is 0.137 e. The van der Waals surface area contributed by atoms with Gasteiger partial charge in [-0.1, -0.05) is 65.1 Å². The maximum atomic E-state index is 5.97. The first-order valence-corrected chi connectivity index (χ1v) is 8.93. The maximum absolute atomic E-state index is 5.97. The number of nitrogens with zero attached hydrogens (tertiary/aromatic N) is 1. The second kappa shape index (κ2) is 7.89. The standard InChI is InChI=1S/C19H15NO.2C2H6/c1-4-12-14-10-15-13-8-6-7-9-18(13)21-19(15)11-17(14)20(3)16(12)5-2;2*1-2/h4-11H,1-2H2,3H3;2*1-2H3. The number of aryl methyl sites for hydroxylation is 1. The third kappa shape index (κ3) is 2.89. The number of benzene rings is 2. The zero-order valence-electron chi connectivity index (χ0n) is 15.9. The van der Waals surface area contributed by atoms with E-state index in [9.17, 15) is 0 Å². The average Bonchev–Trinajstić information content (AvgIpc) is 3.17. The Kier molecular flexibility index (Phi) is 5.87. The first-order chi connectivity index (χ1) is 12.2. The molecular weight excluding hydrogens is 306 g/mol. The monoisotopic (exact) mass is 333 g/mol. The molecule has 2 aromatic carbocycles. The van der Waals surface area contributed by atoms with Crippen molar-refractivity contribution in [1.29, 1.82) is 0 Å². The van der Waals surface area contributed by atoms with Crippen LogP contribution in [0.3, 0.4) is 0 Å². The Hall–Kier alpha value is -2.74. The summed E-state index contributed by atoms with van der Waals surface area (Å²) in [6.07, 6.45) is 3.77. The van der Waals surface area contributed by atoms with E-state index in [0.717, 1.165) is 38.7 Å². The molecule has 0 saturated carbocycles. The van der Waals surface area contributed by atoms with Gasteiger partial charge in [-0.3, -0.25) is 0 Å². The number of para-hydroxylation sites is 1. The number of fused-ring (bicyclic) bond motifs is 4. The van der Waals surface area contributed by atoms with Crippen LogP contribution in [0.15, 0.2) is 54.0 Å². The highest BCUT2D eigenvalue weighted by Crippen LogP contribution is 2.35. The van der Waals surface area contributed by atoms with E-state index in [4.69, 9.17) is 4.42 Å². The van der Waals surface area contributed by atoms with E-state index >= 15 is 0 Å². The van der Waals surface area contributed by atoms with Gasteiger partial charge in [-0.05, 0) is 18.2 Å². The first-order valence-electron chi connectivity index (χ1n) is 8.93. The minimum Gasteiger partial charge on any atom is -0.456 e. The molecule has 0 radical (unpaired) electrons. The quantitative estimate of drug-likeness (QED) is 0.373. The summed E-state index contributed by atoms with van der Waals surface area (Å²) in [5.74, 6) is 0. The fourth-order valence-electron chi connectivity index (χ4n) is 3.16. The summed E-state index contributed by atoms with van der Waals surface area (Å²) in [5, 5.41) is 3.47. The fourth-order valence-corrected chi connectivity index (χ4v) is 3.16. The minimum absolute atomic E-state index is 0.913. The molecule has 0 spiro atoms. The van der Waals surface area contributed by atoms with Crippen molar-refractivity contribution < 1.29 is 4.42 Å². The Labute approximate surface area is 150 Å². The van der Waals surface area contributed by atoms with E-state index in [1.165, 1.54) is 5.39 Å². The third-order valence-corrected chi connectivity index (χ3v) is 4.18. The first kappa shape index (κ1) is 18.6. The minimum atomic E-state index is 0.913. The summed E-state index contributed by atoms with van der Waals surface area (Å²) in [4.78, 5) is 0. The van der Waals surface area contributed by atoms with Crippen LogP contribution < -0.4 is 0 Å². The third-order valence-electron chi connectivity index (χ3n) is 4.18. The molecule has 0 amide bonds. The van der Waals surface area contributed by atoms with E-state index < -0.39 is 0 Å². The van der Waals surface area contributed by atoms with E-state index in [1.807, 2.05) is 65.1 Å². The molecule has 0 N–H and O–H groups in total. The Morgan fingerprint density at radius 1 is 0.840 bits per heavy atom. The fraction of sp³-hybridized carbons (Fsp3) is 0.217. The predicted octanol–water partition coefficient (Wildman–Crippen LogP) is 7.42. The zero-order chi connectivity index (χ0) is 18.6. The summed E-state index contributed by atoms with van der Waals surface area (Å²) in [7, 11) is 2.04. The van der Waals surface area contributed by atoms with Gasteiger partial charge in [0.15, 0.2) is 0 Å². The van der Waals surface area contributed by atoms with Crippen molar-refractivity contribution in [2.45, 2.75) is 27.7 Å². The molecule has 0 unspecified atom stereocenters. The molecule has 2 nitrogen and oxygen atoms in total. The molecule has 0 atom stereocenters. The molecular formula is C23H27NO. The summed E-state index contributed by atoms with van der Waals surface area (Å²) in [6, 6.07) is 12.4. The van der Waals surface area contributed by atoms with Crippen molar-refractivity contribution in [2.75, 3.05) is 0 Å². The lowest BCUT2D eigenvalue weighted by molar-refractivity contribution is 0.669. The van der Waals surface area contributed by atoms with E-state index in [2.05, 4.69) is 35.9 Å². The van der Waals surface area contributed by atoms with E-state index in [1.54, 1.807) is 0 Å². The molecule has 0 saturated heterocycles. The van der Waals surface area contributed by atoms with Crippen LogP contribution in [0.5, 0.6) is 0 Å². The van der Waals surface area contributed by atoms with Crippen molar-refractivity contribution in [1.82, 2.24) is 4.57 Å². The van der Waals surface area contributed by atoms with Crippen LogP contribution in [0.2, 0.25) is 0 Å². The van der Waals surface area contributed by atoms with Gasteiger partial charge in [0, 0.05) is 40.5 Å². The van der Waals surface area contributed by atoms with Gasteiger partial charge in [0.05, 0.1) is 5.52 Å². The summed E-state index contributed by atoms with van der Waals surface area (Å²) in [5.41, 5.74) is 5.17. The molecule has 25 heavy (non-hydrogen) atoms. The Balaban J connectivity index is 0.000000528. The topological polar surface area (TPSA) is 18.1 Å². The lowest BCUT2D eigenvalue weighted by atomic mass is 10.1. The van der Waals surface area contributed by atoms with Gasteiger partial charge in [0.25, 0.3) is 0 Å². The lowest BCUT2D eigenvalue weighted by Crippen LogP contribution is -1.90. The molecule has 4 rings (SSSR count). The summed E-state index contributed by atoms with van der Waals surface area (Å²) in [6.45, 7) is 15.9. The van der Waals surface area contributed by atoms with E-state index in [-0.39, 0.29) is 0 Å². The van der Waals surface area contributed by atoms with Gasteiger partial charge in [0.1, 0.15) is 11.2 Å². The van der Waals surface area contributed by atoms with Crippen molar-refractivity contribution >= 4 is 45.0 Å². The Morgan fingerprint density at radius 2 is 1.52 bits per heavy atom. The number of rotatable bonds is 2. The van der Waals surface area contributed by atoms with Crippen LogP contribution in [-0.4, -0.2) is 4.57 Å². The summed E-state index contributed by atoms with van der Waals surface area (Å²) >= 11 is 0. The number of hydrogen-bond donors (Lipinski definition) is 0. The van der Waals surface area contributed by atoms with Crippen molar-refractivity contribution in [2.24, 2.45) is 7.05 Å². The van der Waals surface area contributed by atoms with Gasteiger partial charge in [-0.15, -0.1) is 0 Å². The second-order valence-corrected chi connectivity index (χ2v) is 5.23. The second-order valence-electron chi connectivity index (χ2n) is 5.23. The highest BCUT2D eigenvalue weighted by atomic mass is 16.3. The molecule has 2 heteroatoms. The van der Waals surface area contributed by atoms with Crippen LogP contribution in [0.25, 0.3) is 45.0 Å². The van der Waals surface area contributed by atoms with Crippen LogP contribution in [0.1, 0.15) is 39.0 Å². The molecule has 0 bridgehead atoms. The molecule has 130 valence electrons. The predicted molar refractivity (Wildman–Crippen MR) is 113 cm³/mol. The van der Waals surface area contributed by atoms with Gasteiger partial charge in [0.2, 0.25) is 0 Å². The number of aromatic nitrogens is 1. The zero-order valence-corrected chi connectivity index (χ0v) is 15.9. The highest BCUT2D eigenvalue weighted by Gasteiger charge is 2.14. The molecule has 0 fully saturated rings. The van der Waals surface area contributed by atoms with Crippen molar-refractivity contribution in [3.05, 3.63) is 60.8 Å². The SMILES string of the molecule is C=Cc1c(C=C)n(C)c2cc3oc4ccccc4c3cc12.CC.CC. The number of hydrogen-bond acceptors (Lipinski definition) is 1. The Morgan fingerprint density at radius 3 is 2.16 bits per heavy atom. The number of furan rings is 1. The van der Waals surface area contributed by atoms with Gasteiger partial charge in [-0.25, -0.2) is 0 Å². The van der Waals surface area contributed by atoms with Gasteiger partial charge >= 0.3 is 0 Å². The van der Waals surface area contributed by atoms with Crippen LogP contribution in [0.4, 0.5) is 0 Å². The smallest absolute Gasteiger partial charge is 0.137 e. The van der Waals surface area contributed by atoms with Crippen LogP contribution >= 0.6 is 0 Å². The molecule has 2 heterocycles.